The van der Waals surface area contributed by atoms with Crippen molar-refractivity contribution < 1.29 is 31.6 Å². The Morgan fingerprint density at radius 1 is 1.29 bits per heavy atom. The molecule has 3 rings (SSSR count). The van der Waals surface area contributed by atoms with Gasteiger partial charge < -0.3 is 4.90 Å². The van der Waals surface area contributed by atoms with Crippen LogP contribution in [0.2, 0.25) is 0 Å². The molecule has 2 atom stereocenters. The lowest BCUT2D eigenvalue weighted by molar-refractivity contribution is -0.148. The number of rotatable bonds is 5. The van der Waals surface area contributed by atoms with E-state index in [4.69, 9.17) is 10.4 Å². The van der Waals surface area contributed by atoms with Crippen molar-refractivity contribution in [2.24, 2.45) is 11.8 Å². The fourth-order valence-electron chi connectivity index (χ4n) is 3.04. The van der Waals surface area contributed by atoms with Gasteiger partial charge in [-0.1, -0.05) is 0 Å². The Morgan fingerprint density at radius 3 is 2.54 bits per heavy atom. The number of urea groups is 1. The number of carbonyl (C=O) groups excluding carboxylic acids is 3. The van der Waals surface area contributed by atoms with Gasteiger partial charge in [0.15, 0.2) is 0 Å². The van der Waals surface area contributed by atoms with Crippen LogP contribution in [0.25, 0.3) is 0 Å². The first kappa shape index (κ1) is 17.1. The van der Waals surface area contributed by atoms with Gasteiger partial charge >= 0.3 is 16.4 Å². The molecule has 0 aromatic rings. The topological polar surface area (TPSA) is 151 Å². The van der Waals surface area contributed by atoms with Crippen molar-refractivity contribution in [2.45, 2.75) is 44.2 Å². The van der Waals surface area contributed by atoms with E-state index in [1.165, 1.54) is 0 Å². The summed E-state index contributed by atoms with van der Waals surface area (Å²) in [6, 6.07) is -2.43. The average molecular weight is 362 g/mol. The third kappa shape index (κ3) is 3.36. The highest BCUT2D eigenvalue weighted by molar-refractivity contribution is 7.80. The van der Waals surface area contributed by atoms with Crippen molar-refractivity contribution in [2.75, 3.05) is 6.54 Å². The fraction of sp³-hybridized carbons (Fsp3) is 0.750. The molecule has 0 unspecified atom stereocenters. The number of nitrogens with two attached hydrogens (primary N) is 1. The summed E-state index contributed by atoms with van der Waals surface area (Å²) in [4.78, 5) is 37.7. The summed E-state index contributed by atoms with van der Waals surface area (Å²) in [5, 5.41) is 1.08. The van der Waals surface area contributed by atoms with Gasteiger partial charge in [-0.25, -0.2) is 15.6 Å². The number of hydrogen-bond acceptors (Lipinski definition) is 7. The lowest BCUT2D eigenvalue weighted by Crippen LogP contribution is -2.55. The van der Waals surface area contributed by atoms with Crippen molar-refractivity contribution in [3.8, 4) is 0 Å². The summed E-state index contributed by atoms with van der Waals surface area (Å²) < 4.78 is 34.7. The number of fused-ring (bicyclic) bond motifs is 2. The van der Waals surface area contributed by atoms with Crippen LogP contribution in [0.3, 0.4) is 0 Å². The van der Waals surface area contributed by atoms with E-state index in [1.54, 1.807) is 0 Å². The number of imide groups is 1. The highest BCUT2D eigenvalue weighted by Gasteiger charge is 2.50. The van der Waals surface area contributed by atoms with Gasteiger partial charge in [-0.05, 0) is 31.6 Å². The van der Waals surface area contributed by atoms with E-state index < -0.39 is 40.3 Å². The van der Waals surface area contributed by atoms with Gasteiger partial charge in [0, 0.05) is 13.0 Å². The van der Waals surface area contributed by atoms with Gasteiger partial charge in [-0.2, -0.15) is 13.5 Å². The van der Waals surface area contributed by atoms with Crippen molar-refractivity contribution in [3.63, 3.8) is 0 Å². The lowest BCUT2D eigenvalue weighted by atomic mass is 10.00. The number of hydroxylamine groups is 2. The molecule has 4 amide bonds. The van der Waals surface area contributed by atoms with Gasteiger partial charge in [0.2, 0.25) is 5.91 Å². The third-order valence-corrected chi connectivity index (χ3v) is 4.80. The number of hydrogen-bond donors (Lipinski definition) is 2. The molecule has 1 aliphatic carbocycles. The molecular formula is C12H18N4O7S. The Balaban J connectivity index is 1.68. The Bertz CT molecular complexity index is 677. The minimum absolute atomic E-state index is 0.0510. The summed E-state index contributed by atoms with van der Waals surface area (Å²) in [6.45, 7) is 0.0510. The predicted octanol–water partition coefficient (Wildman–Crippen LogP) is -0.982. The van der Waals surface area contributed by atoms with Crippen LogP contribution in [0, 0.1) is 5.92 Å². The van der Waals surface area contributed by atoms with Crippen molar-refractivity contribution in [1.82, 2.24) is 15.0 Å². The maximum atomic E-state index is 12.4. The third-order valence-electron chi connectivity index (χ3n) is 4.45. The first-order valence-electron chi connectivity index (χ1n) is 7.55. The Morgan fingerprint density at radius 2 is 1.96 bits per heavy atom. The maximum absolute atomic E-state index is 12.4. The number of hydrazine groups is 1. The van der Waals surface area contributed by atoms with Gasteiger partial charge in [0.25, 0.3) is 5.91 Å². The molecule has 1 saturated carbocycles. The minimum atomic E-state index is -4.85. The molecule has 3 fully saturated rings. The number of carbonyl (C=O) groups is 3. The molecule has 12 heteroatoms. The number of piperidine rings is 1. The first-order valence-corrected chi connectivity index (χ1v) is 8.92. The van der Waals surface area contributed by atoms with Gasteiger partial charge in [0.05, 0.1) is 6.04 Å². The van der Waals surface area contributed by atoms with Crippen LogP contribution in [0.4, 0.5) is 4.79 Å². The van der Waals surface area contributed by atoms with E-state index in [0.717, 1.165) is 17.7 Å². The SMILES string of the molecule is NN(C(=O)CC1CC1)C(=O)[C@@H]1CC[C@@H]2CN1C(=O)N2OS(=O)(=O)O. The zero-order valence-electron chi connectivity index (χ0n) is 12.7. The van der Waals surface area contributed by atoms with E-state index >= 15 is 0 Å². The normalized spacial score (nSPS) is 26.7. The van der Waals surface area contributed by atoms with Crippen molar-refractivity contribution >= 4 is 28.2 Å². The van der Waals surface area contributed by atoms with E-state index in [9.17, 15) is 22.8 Å². The van der Waals surface area contributed by atoms with E-state index in [-0.39, 0.29) is 31.7 Å². The van der Waals surface area contributed by atoms with Crippen molar-refractivity contribution in [1.29, 1.82) is 0 Å². The molecule has 0 radical (unpaired) electrons. The number of amides is 4. The number of nitrogens with zero attached hydrogens (tertiary/aromatic N) is 3. The minimum Gasteiger partial charge on any atom is -0.309 e. The van der Waals surface area contributed by atoms with Crippen LogP contribution in [-0.2, 0) is 24.3 Å². The molecular weight excluding hydrogens is 344 g/mol. The first-order chi connectivity index (χ1) is 11.2. The summed E-state index contributed by atoms with van der Waals surface area (Å²) in [6.07, 6.45) is 2.56. The zero-order valence-corrected chi connectivity index (χ0v) is 13.5. The maximum Gasteiger partial charge on any atom is 0.418 e. The van der Waals surface area contributed by atoms with E-state index in [1.807, 2.05) is 0 Å². The highest BCUT2D eigenvalue weighted by atomic mass is 32.3. The smallest absolute Gasteiger partial charge is 0.309 e. The molecule has 2 aliphatic heterocycles. The second-order valence-corrected chi connectivity index (χ2v) is 7.26. The largest absolute Gasteiger partial charge is 0.418 e. The van der Waals surface area contributed by atoms with Crippen LogP contribution >= 0.6 is 0 Å². The molecule has 134 valence electrons. The zero-order chi connectivity index (χ0) is 17.6. The molecule has 2 heterocycles. The molecule has 11 nitrogen and oxygen atoms in total. The van der Waals surface area contributed by atoms with Gasteiger partial charge in [-0.3, -0.25) is 14.1 Å². The fourth-order valence-corrected chi connectivity index (χ4v) is 3.43. The van der Waals surface area contributed by atoms with E-state index in [0.29, 0.717) is 10.1 Å². The standard InChI is InChI=1S/C12H18N4O7S/c13-15(10(17)5-7-1-2-7)11(18)9-4-3-8-6-14(9)12(19)16(8)23-24(20,21)22/h7-9H,1-6,13H2,(H,20,21,22)/t8-,9+/m1/s1. The van der Waals surface area contributed by atoms with Crippen molar-refractivity contribution in [3.05, 3.63) is 0 Å². The molecule has 3 N–H and O–H groups in total. The monoisotopic (exact) mass is 362 g/mol. The molecule has 0 spiro atoms. The summed E-state index contributed by atoms with van der Waals surface area (Å²) >= 11 is 0. The summed E-state index contributed by atoms with van der Waals surface area (Å²) in [5.41, 5.74) is 0. The van der Waals surface area contributed by atoms with Crippen LogP contribution < -0.4 is 5.84 Å². The molecule has 2 saturated heterocycles. The molecule has 0 aromatic carbocycles. The lowest BCUT2D eigenvalue weighted by Gasteiger charge is -2.31. The highest BCUT2D eigenvalue weighted by Crippen LogP contribution is 2.34. The Hall–Kier alpha value is -1.76. The van der Waals surface area contributed by atoms with Gasteiger partial charge in [-0.15, -0.1) is 4.28 Å². The molecule has 24 heavy (non-hydrogen) atoms. The van der Waals surface area contributed by atoms with Crippen LogP contribution in [0.15, 0.2) is 0 Å². The second kappa shape index (κ2) is 5.95. The Kier molecular flexibility index (Phi) is 4.23. The average Bonchev–Trinajstić information content (AvgIpc) is 3.29. The summed E-state index contributed by atoms with van der Waals surface area (Å²) in [7, 11) is -4.85. The molecule has 3 aliphatic rings. The molecule has 0 aromatic heterocycles. The predicted molar refractivity (Wildman–Crippen MR) is 76.8 cm³/mol. The van der Waals surface area contributed by atoms with Gasteiger partial charge in [0.1, 0.15) is 6.04 Å². The van der Waals surface area contributed by atoms with Crippen LogP contribution in [-0.4, -0.2) is 64.4 Å². The Labute approximate surface area is 138 Å². The van der Waals surface area contributed by atoms with Crippen LogP contribution in [0.5, 0.6) is 0 Å². The summed E-state index contributed by atoms with van der Waals surface area (Å²) in [5.74, 6) is 4.65. The molecule has 2 bridgehead atoms. The quantitative estimate of drug-likeness (QED) is 0.274. The van der Waals surface area contributed by atoms with Crippen LogP contribution in [0.1, 0.15) is 32.1 Å². The second-order valence-electron chi connectivity index (χ2n) is 6.26. The van der Waals surface area contributed by atoms with E-state index in [2.05, 4.69) is 4.28 Å².